The van der Waals surface area contributed by atoms with Gasteiger partial charge in [0.2, 0.25) is 0 Å². The third-order valence-electron chi connectivity index (χ3n) is 7.33. The molecule has 2 saturated carbocycles. The van der Waals surface area contributed by atoms with Crippen LogP contribution in [0.3, 0.4) is 0 Å². The SMILES string of the molecule is Cc1c[c-]c(-c2nccc3c(C)cccc23)cc1.OC1CCCCC2CCCCC(O)C12.[Ir]. The number of rotatable bonds is 1. The quantitative estimate of drug-likeness (QED) is 0.309. The van der Waals surface area contributed by atoms with Gasteiger partial charge < -0.3 is 15.2 Å². The first kappa shape index (κ1) is 26.0. The van der Waals surface area contributed by atoms with Gasteiger partial charge in [0.05, 0.1) is 12.2 Å². The van der Waals surface area contributed by atoms with Crippen LogP contribution in [0, 0.1) is 31.7 Å². The smallest absolute Gasteiger partial charge is 0.0595 e. The van der Waals surface area contributed by atoms with Gasteiger partial charge in [-0.05, 0) is 66.6 Å². The second kappa shape index (κ2) is 12.2. The number of aromatic nitrogens is 1. The van der Waals surface area contributed by atoms with Gasteiger partial charge in [-0.25, -0.2) is 0 Å². The number of aliphatic hydroxyl groups is 2. The van der Waals surface area contributed by atoms with Gasteiger partial charge in [0, 0.05) is 32.2 Å². The molecular weight excluding hydrogens is 587 g/mol. The molecule has 0 saturated heterocycles. The zero-order valence-corrected chi connectivity index (χ0v) is 22.2. The van der Waals surface area contributed by atoms with E-state index in [1.54, 1.807) is 0 Å². The van der Waals surface area contributed by atoms with Crippen molar-refractivity contribution in [2.75, 3.05) is 0 Å². The minimum Gasteiger partial charge on any atom is -0.393 e. The van der Waals surface area contributed by atoms with E-state index in [2.05, 4.69) is 61.3 Å². The Morgan fingerprint density at radius 1 is 0.818 bits per heavy atom. The topological polar surface area (TPSA) is 53.4 Å². The molecule has 0 amide bonds. The summed E-state index contributed by atoms with van der Waals surface area (Å²) >= 11 is 0. The third-order valence-corrected chi connectivity index (χ3v) is 7.33. The summed E-state index contributed by atoms with van der Waals surface area (Å²) in [6.07, 6.45) is 10.4. The molecule has 2 aromatic carbocycles. The number of pyridine rings is 1. The summed E-state index contributed by atoms with van der Waals surface area (Å²) < 4.78 is 0. The van der Waals surface area contributed by atoms with Crippen LogP contribution in [0.15, 0.2) is 48.7 Å². The van der Waals surface area contributed by atoms with Crippen molar-refractivity contribution in [3.05, 3.63) is 65.9 Å². The zero-order chi connectivity index (χ0) is 22.5. The van der Waals surface area contributed by atoms with E-state index >= 15 is 0 Å². The molecule has 179 valence electrons. The summed E-state index contributed by atoms with van der Waals surface area (Å²) in [7, 11) is 0. The molecule has 3 nitrogen and oxygen atoms in total. The van der Waals surface area contributed by atoms with Crippen LogP contribution in [0.25, 0.3) is 22.0 Å². The van der Waals surface area contributed by atoms with Crippen molar-refractivity contribution in [2.24, 2.45) is 11.8 Å². The Bertz CT molecular complexity index is 1000. The summed E-state index contributed by atoms with van der Waals surface area (Å²) in [5.41, 5.74) is 4.56. The fraction of sp³-hybridized carbons (Fsp3) is 0.483. The molecule has 2 unspecified atom stereocenters. The van der Waals surface area contributed by atoms with Crippen LogP contribution in [0.4, 0.5) is 0 Å². The predicted molar refractivity (Wildman–Crippen MR) is 131 cm³/mol. The maximum atomic E-state index is 10.0. The van der Waals surface area contributed by atoms with Crippen molar-refractivity contribution >= 4 is 10.8 Å². The summed E-state index contributed by atoms with van der Waals surface area (Å²) in [5, 5.41) is 22.5. The van der Waals surface area contributed by atoms with E-state index in [0.29, 0.717) is 5.92 Å². The molecule has 1 radical (unpaired) electrons. The molecule has 2 aliphatic rings. The number of aryl methyl sites for hydroxylation is 2. The van der Waals surface area contributed by atoms with Crippen molar-refractivity contribution in [1.29, 1.82) is 0 Å². The van der Waals surface area contributed by atoms with Crippen LogP contribution in [0.2, 0.25) is 0 Å². The number of fused-ring (bicyclic) bond motifs is 2. The predicted octanol–water partition coefficient (Wildman–Crippen LogP) is 6.40. The Hall–Kier alpha value is -1.58. The van der Waals surface area contributed by atoms with Crippen molar-refractivity contribution < 1.29 is 30.3 Å². The molecule has 2 fully saturated rings. The molecule has 1 heterocycles. The summed E-state index contributed by atoms with van der Waals surface area (Å²) in [5.74, 6) is 0.769. The normalized spacial score (nSPS) is 25.0. The van der Waals surface area contributed by atoms with E-state index in [9.17, 15) is 10.2 Å². The Labute approximate surface area is 212 Å². The number of hydrogen-bond donors (Lipinski definition) is 2. The van der Waals surface area contributed by atoms with Gasteiger partial charge in [-0.3, -0.25) is 0 Å². The summed E-state index contributed by atoms with van der Waals surface area (Å²) in [6.45, 7) is 4.20. The molecule has 0 aliphatic heterocycles. The van der Waals surface area contributed by atoms with Gasteiger partial charge in [0.1, 0.15) is 0 Å². The van der Waals surface area contributed by atoms with E-state index in [1.807, 2.05) is 12.3 Å². The number of hydrogen-bond acceptors (Lipinski definition) is 3. The maximum absolute atomic E-state index is 10.0. The van der Waals surface area contributed by atoms with E-state index in [0.717, 1.165) is 36.9 Å². The summed E-state index contributed by atoms with van der Waals surface area (Å²) in [4.78, 5) is 4.52. The fourth-order valence-electron chi connectivity index (χ4n) is 5.55. The molecule has 5 rings (SSSR count). The molecular formula is C29H36IrNO2-. The summed E-state index contributed by atoms with van der Waals surface area (Å²) in [6, 6.07) is 17.9. The Morgan fingerprint density at radius 3 is 2.12 bits per heavy atom. The van der Waals surface area contributed by atoms with E-state index in [4.69, 9.17) is 0 Å². The van der Waals surface area contributed by atoms with E-state index < -0.39 is 0 Å². The minimum atomic E-state index is -0.240. The van der Waals surface area contributed by atoms with Gasteiger partial charge >= 0.3 is 0 Å². The van der Waals surface area contributed by atoms with Crippen molar-refractivity contribution in [3.63, 3.8) is 0 Å². The second-order valence-corrected chi connectivity index (χ2v) is 9.65. The van der Waals surface area contributed by atoms with Crippen molar-refractivity contribution in [3.8, 4) is 11.3 Å². The van der Waals surface area contributed by atoms with E-state index in [-0.39, 0.29) is 38.2 Å². The Morgan fingerprint density at radius 2 is 1.48 bits per heavy atom. The van der Waals surface area contributed by atoms with E-state index in [1.165, 1.54) is 47.6 Å². The molecule has 2 aliphatic carbocycles. The third kappa shape index (κ3) is 6.31. The zero-order valence-electron chi connectivity index (χ0n) is 19.8. The number of aliphatic hydroxyl groups excluding tert-OH is 2. The maximum Gasteiger partial charge on any atom is 0.0595 e. The molecule has 1 aromatic heterocycles. The molecule has 0 spiro atoms. The largest absolute Gasteiger partial charge is 0.393 e. The molecule has 3 aromatic rings. The minimum absolute atomic E-state index is 0. The van der Waals surface area contributed by atoms with Gasteiger partial charge in [-0.1, -0.05) is 50.8 Å². The van der Waals surface area contributed by atoms with Gasteiger partial charge in [-0.15, -0.1) is 35.4 Å². The fourth-order valence-corrected chi connectivity index (χ4v) is 5.55. The molecule has 2 atom stereocenters. The van der Waals surface area contributed by atoms with Gasteiger partial charge in [0.25, 0.3) is 0 Å². The first-order valence-corrected chi connectivity index (χ1v) is 12.2. The first-order chi connectivity index (χ1) is 15.5. The monoisotopic (exact) mass is 623 g/mol. The van der Waals surface area contributed by atoms with Gasteiger partial charge in [-0.2, -0.15) is 0 Å². The molecule has 33 heavy (non-hydrogen) atoms. The first-order valence-electron chi connectivity index (χ1n) is 12.2. The standard InChI is InChI=1S/C17H14N.C12H22O2.Ir/c1-12-6-8-14(9-7-12)17-16-5-3-4-13(2)15(16)10-11-18-17;13-10-7-3-1-5-9-6-2-4-8-11(14)12(9)10;/h3-8,10-11H,1-2H3;9-14H,1-8H2;/q-1;;. The van der Waals surface area contributed by atoms with Crippen LogP contribution in [-0.4, -0.2) is 27.4 Å². The van der Waals surface area contributed by atoms with Crippen molar-refractivity contribution in [2.45, 2.75) is 77.4 Å². The Balaban J connectivity index is 0.000000186. The van der Waals surface area contributed by atoms with Crippen LogP contribution >= 0.6 is 0 Å². The molecule has 0 bridgehead atoms. The number of nitrogens with zero attached hydrogens (tertiary/aromatic N) is 1. The average Bonchev–Trinajstić information content (AvgIpc) is 3.10. The van der Waals surface area contributed by atoms with Crippen LogP contribution in [0.5, 0.6) is 0 Å². The number of benzene rings is 2. The van der Waals surface area contributed by atoms with Gasteiger partial charge in [0.15, 0.2) is 0 Å². The van der Waals surface area contributed by atoms with Crippen molar-refractivity contribution in [1.82, 2.24) is 4.98 Å². The van der Waals surface area contributed by atoms with Crippen LogP contribution < -0.4 is 0 Å². The van der Waals surface area contributed by atoms with Crippen LogP contribution in [-0.2, 0) is 20.1 Å². The second-order valence-electron chi connectivity index (χ2n) is 9.65. The Kier molecular flexibility index (Phi) is 9.64. The average molecular weight is 623 g/mol. The van der Waals surface area contributed by atoms with Crippen LogP contribution in [0.1, 0.15) is 62.5 Å². The molecule has 4 heteroatoms. The molecule has 2 N–H and O–H groups in total.